The number of nitrogens with one attached hydrogen (secondary N) is 3. The average Bonchev–Trinajstić information content (AvgIpc) is 2.90. The second-order valence-corrected chi connectivity index (χ2v) is 10.2. The summed E-state index contributed by atoms with van der Waals surface area (Å²) in [6.45, 7) is 2.34. The summed E-state index contributed by atoms with van der Waals surface area (Å²) >= 11 is 0. The highest BCUT2D eigenvalue weighted by atomic mass is 19.1. The normalized spacial score (nSPS) is 23.7. The Morgan fingerprint density at radius 2 is 2.00 bits per heavy atom. The maximum Gasteiger partial charge on any atom is 0.406 e. The topological polar surface area (TPSA) is 112 Å². The van der Waals surface area contributed by atoms with Gasteiger partial charge in [-0.15, -0.1) is 0 Å². The standard InChI is InChI=1S/C27H43FN4O5/c1-29-17-23(15-19-8-10-24(33)11-9-19)31-26(34)32-13-4-6-21(18-32)25(20-5-3-7-22(28)16-20)37-14-12-30-27(35)36-2/h3,5,7,16,19,21,23-25,29,33H,4,6,8-15,17-18H2,1-2H3,(H,30,35)(H,31,34). The lowest BCUT2D eigenvalue weighted by Gasteiger charge is -2.38. The van der Waals surface area contributed by atoms with Gasteiger partial charge in [-0.25, -0.2) is 14.0 Å². The minimum atomic E-state index is -0.535. The average molecular weight is 523 g/mol. The quantitative estimate of drug-likeness (QED) is 0.332. The minimum absolute atomic E-state index is 0.0118. The third-order valence-corrected chi connectivity index (χ3v) is 7.42. The fourth-order valence-corrected chi connectivity index (χ4v) is 5.53. The van der Waals surface area contributed by atoms with E-state index in [4.69, 9.17) is 4.74 Å². The predicted molar refractivity (Wildman–Crippen MR) is 139 cm³/mol. The molecule has 37 heavy (non-hydrogen) atoms. The summed E-state index contributed by atoms with van der Waals surface area (Å²) in [5.41, 5.74) is 0.720. The molecule has 1 aromatic rings. The number of alkyl carbamates (subject to hydrolysis) is 1. The lowest BCUT2D eigenvalue weighted by Crippen LogP contribution is -2.52. The summed E-state index contributed by atoms with van der Waals surface area (Å²) in [6, 6.07) is 6.29. The molecule has 1 aromatic carbocycles. The van der Waals surface area contributed by atoms with E-state index in [9.17, 15) is 19.1 Å². The van der Waals surface area contributed by atoms with Gasteiger partial charge in [0.15, 0.2) is 0 Å². The Morgan fingerprint density at radius 1 is 1.22 bits per heavy atom. The van der Waals surface area contributed by atoms with Crippen molar-refractivity contribution in [2.45, 2.75) is 63.2 Å². The van der Waals surface area contributed by atoms with E-state index < -0.39 is 12.2 Å². The fourth-order valence-electron chi connectivity index (χ4n) is 5.53. The summed E-state index contributed by atoms with van der Waals surface area (Å²) in [6.07, 6.45) is 5.05. The largest absolute Gasteiger partial charge is 0.453 e. The van der Waals surface area contributed by atoms with Crippen LogP contribution in [0.15, 0.2) is 24.3 Å². The molecule has 0 radical (unpaired) electrons. The zero-order valence-corrected chi connectivity index (χ0v) is 22.1. The van der Waals surface area contributed by atoms with E-state index in [-0.39, 0.29) is 43.1 Å². The summed E-state index contributed by atoms with van der Waals surface area (Å²) in [7, 11) is 3.19. The van der Waals surface area contributed by atoms with Crippen molar-refractivity contribution in [2.24, 2.45) is 11.8 Å². The first kappa shape index (κ1) is 29.1. The Hall–Kier alpha value is -2.43. The maximum absolute atomic E-state index is 14.0. The Kier molecular flexibility index (Phi) is 11.9. The van der Waals surface area contributed by atoms with E-state index in [1.54, 1.807) is 6.07 Å². The van der Waals surface area contributed by atoms with E-state index >= 15 is 0 Å². The molecule has 9 nitrogen and oxygen atoms in total. The van der Waals surface area contributed by atoms with Gasteiger partial charge in [0.25, 0.3) is 0 Å². The molecule has 2 aliphatic rings. The van der Waals surface area contributed by atoms with Gasteiger partial charge in [-0.2, -0.15) is 0 Å². The highest BCUT2D eigenvalue weighted by Crippen LogP contribution is 2.33. The molecule has 0 spiro atoms. The monoisotopic (exact) mass is 522 g/mol. The Bertz CT molecular complexity index is 852. The van der Waals surface area contributed by atoms with Crippen LogP contribution in [0.3, 0.4) is 0 Å². The lowest BCUT2D eigenvalue weighted by molar-refractivity contribution is -0.00882. The third kappa shape index (κ3) is 9.43. The molecule has 2 fully saturated rings. The summed E-state index contributed by atoms with van der Waals surface area (Å²) in [5, 5.41) is 18.8. The van der Waals surface area contributed by atoms with Crippen LogP contribution in [-0.4, -0.2) is 81.2 Å². The highest BCUT2D eigenvalue weighted by molar-refractivity contribution is 5.74. The first-order valence-electron chi connectivity index (χ1n) is 13.5. The number of amides is 3. The number of carbonyl (C=O) groups excluding carboxylic acids is 2. The lowest BCUT2D eigenvalue weighted by atomic mass is 9.83. The van der Waals surface area contributed by atoms with Crippen LogP contribution in [0, 0.1) is 17.7 Å². The number of rotatable bonds is 11. The number of urea groups is 1. The van der Waals surface area contributed by atoms with Crippen LogP contribution in [0.4, 0.5) is 14.0 Å². The number of methoxy groups -OCH3 is 1. The highest BCUT2D eigenvalue weighted by Gasteiger charge is 2.32. The molecule has 0 aromatic heterocycles. The zero-order valence-electron chi connectivity index (χ0n) is 22.1. The molecule has 10 heteroatoms. The zero-order chi connectivity index (χ0) is 26.6. The number of halogens is 1. The van der Waals surface area contributed by atoms with Gasteiger partial charge in [0.05, 0.1) is 25.9 Å². The molecular formula is C27H43FN4O5. The van der Waals surface area contributed by atoms with E-state index in [0.29, 0.717) is 25.6 Å². The van der Waals surface area contributed by atoms with Crippen molar-refractivity contribution in [3.63, 3.8) is 0 Å². The van der Waals surface area contributed by atoms with E-state index in [1.165, 1.54) is 19.2 Å². The van der Waals surface area contributed by atoms with Gasteiger partial charge in [-0.3, -0.25) is 0 Å². The molecule has 1 aliphatic heterocycles. The smallest absolute Gasteiger partial charge is 0.406 e. The molecule has 3 atom stereocenters. The third-order valence-electron chi connectivity index (χ3n) is 7.42. The summed E-state index contributed by atoms with van der Waals surface area (Å²) < 4.78 is 24.8. The molecule has 1 saturated heterocycles. The summed E-state index contributed by atoms with van der Waals surface area (Å²) in [4.78, 5) is 26.5. The number of nitrogens with zero attached hydrogens (tertiary/aromatic N) is 1. The molecule has 3 rings (SSSR count). The Morgan fingerprint density at radius 3 is 2.70 bits per heavy atom. The van der Waals surface area contributed by atoms with Gasteiger partial charge in [0.2, 0.25) is 0 Å². The van der Waals surface area contributed by atoms with Crippen molar-refractivity contribution >= 4 is 12.1 Å². The van der Waals surface area contributed by atoms with Gasteiger partial charge in [0, 0.05) is 38.1 Å². The number of hydrogen-bond acceptors (Lipinski definition) is 6. The van der Waals surface area contributed by atoms with Crippen LogP contribution in [0.25, 0.3) is 0 Å². The number of aliphatic hydroxyl groups excluding tert-OH is 1. The number of benzene rings is 1. The molecular weight excluding hydrogens is 479 g/mol. The second-order valence-electron chi connectivity index (χ2n) is 10.2. The first-order chi connectivity index (χ1) is 17.9. The van der Waals surface area contributed by atoms with Crippen molar-refractivity contribution in [3.05, 3.63) is 35.6 Å². The van der Waals surface area contributed by atoms with Crippen molar-refractivity contribution < 1.29 is 28.6 Å². The van der Waals surface area contributed by atoms with Crippen LogP contribution in [0.5, 0.6) is 0 Å². The van der Waals surface area contributed by atoms with Gasteiger partial charge < -0.3 is 35.4 Å². The number of likely N-dealkylation sites (tertiary alicyclic amines) is 1. The first-order valence-corrected chi connectivity index (χ1v) is 13.5. The Balaban J connectivity index is 1.61. The van der Waals surface area contributed by atoms with Crippen LogP contribution in [0.2, 0.25) is 0 Å². The number of piperidine rings is 1. The molecule has 0 bridgehead atoms. The van der Waals surface area contributed by atoms with Gasteiger partial charge in [-0.05, 0) is 75.6 Å². The van der Waals surface area contributed by atoms with Gasteiger partial charge in [0.1, 0.15) is 5.82 Å². The van der Waals surface area contributed by atoms with Gasteiger partial charge in [-0.1, -0.05) is 12.1 Å². The number of ether oxygens (including phenoxy) is 2. The summed E-state index contributed by atoms with van der Waals surface area (Å²) in [5.74, 6) is 0.150. The van der Waals surface area contributed by atoms with Crippen LogP contribution < -0.4 is 16.0 Å². The van der Waals surface area contributed by atoms with E-state index in [0.717, 1.165) is 50.5 Å². The molecule has 1 heterocycles. The Labute approximate surface area is 219 Å². The molecule has 3 unspecified atom stereocenters. The maximum atomic E-state index is 14.0. The van der Waals surface area contributed by atoms with E-state index in [2.05, 4.69) is 20.7 Å². The van der Waals surface area contributed by atoms with E-state index in [1.807, 2.05) is 18.0 Å². The molecule has 1 saturated carbocycles. The van der Waals surface area contributed by atoms with Crippen molar-refractivity contribution in [3.8, 4) is 0 Å². The number of aliphatic hydroxyl groups is 1. The fraction of sp³-hybridized carbons (Fsp3) is 0.704. The molecule has 1 aliphatic carbocycles. The SMILES string of the molecule is CNCC(CC1CCC(O)CC1)NC(=O)N1CCCC(C(OCCNC(=O)OC)c2cccc(F)c2)C1. The molecule has 208 valence electrons. The minimum Gasteiger partial charge on any atom is -0.453 e. The van der Waals surface area contributed by atoms with Crippen molar-refractivity contribution in [2.75, 3.05) is 46.9 Å². The van der Waals surface area contributed by atoms with Crippen molar-refractivity contribution in [1.82, 2.24) is 20.9 Å². The second kappa shape index (κ2) is 15.1. The van der Waals surface area contributed by atoms with Gasteiger partial charge >= 0.3 is 12.1 Å². The van der Waals surface area contributed by atoms with Crippen LogP contribution in [0.1, 0.15) is 56.6 Å². The number of hydrogen-bond donors (Lipinski definition) is 4. The molecule has 4 N–H and O–H groups in total. The predicted octanol–water partition coefficient (Wildman–Crippen LogP) is 3.19. The van der Waals surface area contributed by atoms with Crippen LogP contribution in [-0.2, 0) is 9.47 Å². The van der Waals surface area contributed by atoms with Crippen LogP contribution >= 0.6 is 0 Å². The number of likely N-dealkylation sites (N-methyl/N-ethyl adjacent to an activating group) is 1. The number of carbonyl (C=O) groups is 2. The van der Waals surface area contributed by atoms with Crippen molar-refractivity contribution in [1.29, 1.82) is 0 Å². The molecule has 3 amide bonds.